The van der Waals surface area contributed by atoms with E-state index in [0.717, 1.165) is 26.1 Å². The van der Waals surface area contributed by atoms with Gasteiger partial charge in [0.05, 0.1) is 12.2 Å². The third kappa shape index (κ3) is 3.96. The summed E-state index contributed by atoms with van der Waals surface area (Å²) < 4.78 is 5.55. The number of ketones is 2. The first-order chi connectivity index (χ1) is 13.1. The van der Waals surface area contributed by atoms with Crippen molar-refractivity contribution in [2.45, 2.75) is 32.1 Å². The fourth-order valence-corrected chi connectivity index (χ4v) is 4.07. The van der Waals surface area contributed by atoms with Crippen molar-refractivity contribution in [2.24, 2.45) is 0 Å². The fraction of sp³-hybridized carbons (Fsp3) is 0.391. The maximum atomic E-state index is 12.6. The number of fused-ring (bicyclic) bond motifs is 1. The van der Waals surface area contributed by atoms with E-state index >= 15 is 0 Å². The lowest BCUT2D eigenvalue weighted by Crippen LogP contribution is -2.24. The Bertz CT molecular complexity index is 874. The Morgan fingerprint density at radius 1 is 1.22 bits per heavy atom. The molecule has 0 radical (unpaired) electrons. The summed E-state index contributed by atoms with van der Waals surface area (Å²) >= 11 is 0. The molecule has 27 heavy (non-hydrogen) atoms. The van der Waals surface area contributed by atoms with Gasteiger partial charge in [-0.2, -0.15) is 0 Å². The van der Waals surface area contributed by atoms with Crippen molar-refractivity contribution in [1.82, 2.24) is 4.90 Å². The van der Waals surface area contributed by atoms with Gasteiger partial charge in [-0.1, -0.05) is 35.9 Å². The molecular formula is C23H25NO3. The second-order valence-corrected chi connectivity index (χ2v) is 7.61. The van der Waals surface area contributed by atoms with Crippen molar-refractivity contribution >= 4 is 11.6 Å². The molecular weight excluding hydrogens is 338 g/mol. The molecule has 4 nitrogen and oxygen atoms in total. The summed E-state index contributed by atoms with van der Waals surface area (Å²) in [6.45, 7) is 5.35. The van der Waals surface area contributed by atoms with Crippen molar-refractivity contribution in [1.29, 1.82) is 0 Å². The van der Waals surface area contributed by atoms with Gasteiger partial charge < -0.3 is 9.64 Å². The van der Waals surface area contributed by atoms with Crippen LogP contribution in [0, 0.1) is 6.92 Å². The topological polar surface area (TPSA) is 46.6 Å². The fourth-order valence-electron chi connectivity index (χ4n) is 4.07. The molecule has 140 valence electrons. The predicted octanol–water partition coefficient (Wildman–Crippen LogP) is 4.02. The zero-order chi connectivity index (χ0) is 18.8. The van der Waals surface area contributed by atoms with Crippen molar-refractivity contribution in [3.8, 4) is 5.75 Å². The molecule has 2 aliphatic rings. The molecule has 1 saturated heterocycles. The highest BCUT2D eigenvalue weighted by atomic mass is 16.5. The van der Waals surface area contributed by atoms with Crippen molar-refractivity contribution in [3.05, 3.63) is 64.7 Å². The van der Waals surface area contributed by atoms with Gasteiger partial charge in [0, 0.05) is 31.5 Å². The molecule has 2 aliphatic heterocycles. The Hall–Kier alpha value is -2.46. The summed E-state index contributed by atoms with van der Waals surface area (Å²) in [5, 5.41) is 0. The summed E-state index contributed by atoms with van der Waals surface area (Å²) in [5.74, 6) is 1.31. The molecule has 0 amide bonds. The van der Waals surface area contributed by atoms with Crippen LogP contribution in [0.5, 0.6) is 5.75 Å². The molecule has 0 spiro atoms. The van der Waals surface area contributed by atoms with Gasteiger partial charge in [-0.05, 0) is 43.5 Å². The molecule has 4 rings (SSSR count). The summed E-state index contributed by atoms with van der Waals surface area (Å²) in [6, 6.07) is 14.0. The maximum absolute atomic E-state index is 12.6. The molecule has 2 aromatic rings. The first kappa shape index (κ1) is 17.9. The van der Waals surface area contributed by atoms with Gasteiger partial charge in [-0.15, -0.1) is 0 Å². The summed E-state index contributed by atoms with van der Waals surface area (Å²) in [4.78, 5) is 26.8. The predicted molar refractivity (Wildman–Crippen MR) is 105 cm³/mol. The van der Waals surface area contributed by atoms with Gasteiger partial charge in [0.2, 0.25) is 0 Å². The van der Waals surface area contributed by atoms with Crippen LogP contribution in [0.2, 0.25) is 0 Å². The van der Waals surface area contributed by atoms with E-state index in [2.05, 4.69) is 36.1 Å². The molecule has 2 aromatic carbocycles. The van der Waals surface area contributed by atoms with E-state index in [-0.39, 0.29) is 11.6 Å². The third-order valence-electron chi connectivity index (χ3n) is 5.63. The van der Waals surface area contributed by atoms with Crippen LogP contribution in [0.25, 0.3) is 0 Å². The SMILES string of the molecule is Cc1cccc(C2CCN(CCC(=O)c3ccc4c(c3)OCCC4=O)C2)c1. The molecule has 2 heterocycles. The van der Waals surface area contributed by atoms with Gasteiger partial charge in [-0.25, -0.2) is 0 Å². The lowest BCUT2D eigenvalue weighted by molar-refractivity contribution is 0.0927. The molecule has 1 atom stereocenters. The van der Waals surface area contributed by atoms with Crippen LogP contribution in [0.1, 0.15) is 57.0 Å². The number of rotatable bonds is 5. The highest BCUT2D eigenvalue weighted by molar-refractivity contribution is 6.02. The maximum Gasteiger partial charge on any atom is 0.169 e. The zero-order valence-electron chi connectivity index (χ0n) is 15.7. The Balaban J connectivity index is 1.34. The molecule has 0 aromatic heterocycles. The van der Waals surface area contributed by atoms with Gasteiger partial charge in [0.1, 0.15) is 5.75 Å². The van der Waals surface area contributed by atoms with Crippen molar-refractivity contribution < 1.29 is 14.3 Å². The van der Waals surface area contributed by atoms with E-state index in [1.54, 1.807) is 18.2 Å². The van der Waals surface area contributed by atoms with E-state index in [4.69, 9.17) is 4.74 Å². The molecule has 0 saturated carbocycles. The van der Waals surface area contributed by atoms with Gasteiger partial charge in [0.15, 0.2) is 11.6 Å². The number of likely N-dealkylation sites (tertiary alicyclic amines) is 1. The lowest BCUT2D eigenvalue weighted by atomic mass is 9.97. The summed E-state index contributed by atoms with van der Waals surface area (Å²) in [5.41, 5.74) is 3.94. The number of hydrogen-bond donors (Lipinski definition) is 0. The van der Waals surface area contributed by atoms with E-state index in [1.165, 1.54) is 11.1 Å². The highest BCUT2D eigenvalue weighted by Gasteiger charge is 2.25. The van der Waals surface area contributed by atoms with Gasteiger partial charge in [-0.3, -0.25) is 9.59 Å². The zero-order valence-corrected chi connectivity index (χ0v) is 15.7. The number of aryl methyl sites for hydroxylation is 1. The number of carbonyl (C=O) groups excluding carboxylic acids is 2. The Labute approximate surface area is 160 Å². The number of carbonyl (C=O) groups is 2. The van der Waals surface area contributed by atoms with Crippen LogP contribution in [-0.2, 0) is 0 Å². The highest BCUT2D eigenvalue weighted by Crippen LogP contribution is 2.29. The number of Topliss-reactive ketones (excluding diaryl/α,β-unsaturated/α-hetero) is 2. The normalized spacial score (nSPS) is 19.6. The van der Waals surface area contributed by atoms with Gasteiger partial charge >= 0.3 is 0 Å². The van der Waals surface area contributed by atoms with Gasteiger partial charge in [0.25, 0.3) is 0 Å². The van der Waals surface area contributed by atoms with Crippen LogP contribution in [0.4, 0.5) is 0 Å². The number of benzene rings is 2. The average molecular weight is 363 g/mol. The monoisotopic (exact) mass is 363 g/mol. The lowest BCUT2D eigenvalue weighted by Gasteiger charge is -2.18. The first-order valence-electron chi connectivity index (χ1n) is 9.72. The Morgan fingerprint density at radius 3 is 2.96 bits per heavy atom. The summed E-state index contributed by atoms with van der Waals surface area (Å²) in [6.07, 6.45) is 2.05. The molecule has 0 aliphatic carbocycles. The minimum atomic E-state index is 0.0921. The van der Waals surface area contributed by atoms with E-state index in [9.17, 15) is 9.59 Å². The quantitative estimate of drug-likeness (QED) is 0.753. The molecule has 1 unspecified atom stereocenters. The van der Waals surface area contributed by atoms with Crippen LogP contribution in [0.15, 0.2) is 42.5 Å². The van der Waals surface area contributed by atoms with Crippen LogP contribution >= 0.6 is 0 Å². The van der Waals surface area contributed by atoms with Crippen LogP contribution < -0.4 is 4.74 Å². The Morgan fingerprint density at radius 2 is 2.11 bits per heavy atom. The first-order valence-corrected chi connectivity index (χ1v) is 9.72. The van der Waals surface area contributed by atoms with E-state index in [0.29, 0.717) is 42.2 Å². The second kappa shape index (κ2) is 7.65. The Kier molecular flexibility index (Phi) is 5.08. The number of ether oxygens (including phenoxy) is 1. The largest absolute Gasteiger partial charge is 0.492 e. The van der Waals surface area contributed by atoms with E-state index < -0.39 is 0 Å². The van der Waals surface area contributed by atoms with Crippen molar-refractivity contribution in [3.63, 3.8) is 0 Å². The molecule has 1 fully saturated rings. The minimum absolute atomic E-state index is 0.0921. The second-order valence-electron chi connectivity index (χ2n) is 7.61. The van der Waals surface area contributed by atoms with E-state index in [1.807, 2.05) is 0 Å². The van der Waals surface area contributed by atoms with Crippen molar-refractivity contribution in [2.75, 3.05) is 26.2 Å². The third-order valence-corrected chi connectivity index (χ3v) is 5.63. The average Bonchev–Trinajstić information content (AvgIpc) is 3.15. The molecule has 0 N–H and O–H groups in total. The van der Waals surface area contributed by atoms with Crippen LogP contribution in [0.3, 0.4) is 0 Å². The standard InChI is InChI=1S/C23H25NO3/c1-16-3-2-4-17(13-16)19-7-10-24(15-19)11-8-21(25)18-5-6-20-22(26)9-12-27-23(20)14-18/h2-6,13-14,19H,7-12,15H2,1H3. The molecule has 4 heteroatoms. The minimum Gasteiger partial charge on any atom is -0.492 e. The number of nitrogens with zero attached hydrogens (tertiary/aromatic N) is 1. The summed E-state index contributed by atoms with van der Waals surface area (Å²) in [7, 11) is 0. The number of hydrogen-bond acceptors (Lipinski definition) is 4. The van der Waals surface area contributed by atoms with Crippen LogP contribution in [-0.4, -0.2) is 42.7 Å². The molecule has 0 bridgehead atoms. The smallest absolute Gasteiger partial charge is 0.169 e.